The van der Waals surface area contributed by atoms with E-state index in [-0.39, 0.29) is 0 Å². The summed E-state index contributed by atoms with van der Waals surface area (Å²) in [4.78, 5) is 11.5. The van der Waals surface area contributed by atoms with Crippen LogP contribution in [0.3, 0.4) is 0 Å². The molecule has 0 heterocycles. The fourth-order valence-electron chi connectivity index (χ4n) is 1.62. The molecule has 1 atom stereocenters. The third-order valence-corrected chi connectivity index (χ3v) is 3.00. The molecule has 0 saturated heterocycles. The Morgan fingerprint density at radius 3 is 2.72 bits per heavy atom. The summed E-state index contributed by atoms with van der Waals surface area (Å²) in [5.41, 5.74) is 7.49. The van der Waals surface area contributed by atoms with Crippen molar-refractivity contribution in [2.24, 2.45) is 5.73 Å². The van der Waals surface area contributed by atoms with Crippen LogP contribution in [0.15, 0.2) is 12.1 Å². The Bertz CT molecular complexity index is 434. The van der Waals surface area contributed by atoms with Crippen LogP contribution in [0.1, 0.15) is 18.1 Å². The number of hydrogen-bond acceptors (Lipinski definition) is 4. The van der Waals surface area contributed by atoms with Gasteiger partial charge in [0.1, 0.15) is 11.8 Å². The third kappa shape index (κ3) is 3.62. The molecule has 5 heteroatoms. The number of aryl methyl sites for hydroxylation is 1. The summed E-state index contributed by atoms with van der Waals surface area (Å²) >= 11 is 6.05. The molecule has 1 aromatic rings. The van der Waals surface area contributed by atoms with Gasteiger partial charge in [-0.25, -0.2) is 0 Å². The Morgan fingerprint density at radius 2 is 2.17 bits per heavy atom. The van der Waals surface area contributed by atoms with E-state index in [4.69, 9.17) is 26.8 Å². The molecule has 0 aliphatic carbocycles. The molecule has 0 aliphatic rings. The standard InChI is InChI=1S/C13H18ClNO3/c1-4-18-13(16)11(15)7-9-6-10(14)8(2)5-12(9)17-3/h5-6,11H,4,7,15H2,1-3H3. The van der Waals surface area contributed by atoms with Gasteiger partial charge in [0, 0.05) is 11.4 Å². The molecule has 0 saturated carbocycles. The molecule has 4 nitrogen and oxygen atoms in total. The topological polar surface area (TPSA) is 61.5 Å². The average Bonchev–Trinajstić information content (AvgIpc) is 2.33. The number of carbonyl (C=O) groups excluding carboxylic acids is 1. The zero-order valence-electron chi connectivity index (χ0n) is 10.8. The van der Waals surface area contributed by atoms with Crippen molar-refractivity contribution in [1.82, 2.24) is 0 Å². The number of nitrogens with two attached hydrogens (primary N) is 1. The van der Waals surface area contributed by atoms with Crippen LogP contribution in [-0.2, 0) is 16.0 Å². The van der Waals surface area contributed by atoms with Crippen molar-refractivity contribution in [2.75, 3.05) is 13.7 Å². The van der Waals surface area contributed by atoms with E-state index in [1.807, 2.05) is 13.0 Å². The minimum absolute atomic E-state index is 0.318. The number of carbonyl (C=O) groups is 1. The summed E-state index contributed by atoms with van der Waals surface area (Å²) in [6.07, 6.45) is 0.335. The zero-order chi connectivity index (χ0) is 13.7. The fourth-order valence-corrected chi connectivity index (χ4v) is 1.80. The number of rotatable bonds is 5. The molecular weight excluding hydrogens is 254 g/mol. The van der Waals surface area contributed by atoms with E-state index in [1.54, 1.807) is 20.1 Å². The molecule has 0 radical (unpaired) electrons. The smallest absolute Gasteiger partial charge is 0.323 e. The highest BCUT2D eigenvalue weighted by Crippen LogP contribution is 2.27. The van der Waals surface area contributed by atoms with E-state index in [9.17, 15) is 4.79 Å². The largest absolute Gasteiger partial charge is 0.496 e. The number of methoxy groups -OCH3 is 1. The van der Waals surface area contributed by atoms with Gasteiger partial charge < -0.3 is 15.2 Å². The van der Waals surface area contributed by atoms with Gasteiger partial charge in [-0.15, -0.1) is 0 Å². The molecule has 0 spiro atoms. The van der Waals surface area contributed by atoms with Gasteiger partial charge in [-0.1, -0.05) is 11.6 Å². The lowest BCUT2D eigenvalue weighted by Crippen LogP contribution is -2.34. The van der Waals surface area contributed by atoms with Crippen LogP contribution in [0.5, 0.6) is 5.75 Å². The van der Waals surface area contributed by atoms with E-state index in [0.29, 0.717) is 23.8 Å². The van der Waals surface area contributed by atoms with Gasteiger partial charge in [-0.3, -0.25) is 4.79 Å². The second-order valence-electron chi connectivity index (χ2n) is 3.98. The average molecular weight is 272 g/mol. The second kappa shape index (κ2) is 6.61. The SMILES string of the molecule is CCOC(=O)C(N)Cc1cc(Cl)c(C)cc1OC. The van der Waals surface area contributed by atoms with Crippen molar-refractivity contribution in [1.29, 1.82) is 0 Å². The van der Waals surface area contributed by atoms with Crippen molar-refractivity contribution < 1.29 is 14.3 Å². The minimum Gasteiger partial charge on any atom is -0.496 e. The van der Waals surface area contributed by atoms with Crippen LogP contribution in [0.25, 0.3) is 0 Å². The van der Waals surface area contributed by atoms with Crippen molar-refractivity contribution in [2.45, 2.75) is 26.3 Å². The maximum absolute atomic E-state index is 11.5. The molecule has 1 unspecified atom stereocenters. The second-order valence-corrected chi connectivity index (χ2v) is 4.38. The van der Waals surface area contributed by atoms with Gasteiger partial charge in [0.25, 0.3) is 0 Å². The van der Waals surface area contributed by atoms with Crippen molar-refractivity contribution in [3.63, 3.8) is 0 Å². The minimum atomic E-state index is -0.711. The van der Waals surface area contributed by atoms with Gasteiger partial charge in [-0.05, 0) is 37.1 Å². The maximum atomic E-state index is 11.5. The number of ether oxygens (including phenoxy) is 2. The zero-order valence-corrected chi connectivity index (χ0v) is 11.6. The lowest BCUT2D eigenvalue weighted by atomic mass is 10.0. The van der Waals surface area contributed by atoms with Gasteiger partial charge in [0.2, 0.25) is 0 Å². The first-order chi connectivity index (χ1) is 8.49. The number of esters is 1. The molecule has 1 aromatic carbocycles. The molecule has 0 bridgehead atoms. The lowest BCUT2D eigenvalue weighted by molar-refractivity contribution is -0.144. The highest BCUT2D eigenvalue weighted by Gasteiger charge is 2.18. The summed E-state index contributed by atoms with van der Waals surface area (Å²) in [5, 5.41) is 0.627. The van der Waals surface area contributed by atoms with E-state index < -0.39 is 12.0 Å². The number of halogens is 1. The van der Waals surface area contributed by atoms with Crippen molar-refractivity contribution in [3.05, 3.63) is 28.3 Å². The van der Waals surface area contributed by atoms with Crippen LogP contribution in [0, 0.1) is 6.92 Å². The summed E-state index contributed by atoms with van der Waals surface area (Å²) < 4.78 is 10.1. The van der Waals surface area contributed by atoms with Crippen LogP contribution in [0.2, 0.25) is 5.02 Å². The van der Waals surface area contributed by atoms with Crippen LogP contribution in [-0.4, -0.2) is 25.7 Å². The first kappa shape index (κ1) is 14.8. The summed E-state index contributed by atoms with van der Waals surface area (Å²) in [7, 11) is 1.57. The quantitative estimate of drug-likeness (QED) is 0.833. The van der Waals surface area contributed by atoms with E-state index in [2.05, 4.69) is 0 Å². The predicted molar refractivity (Wildman–Crippen MR) is 71.1 cm³/mol. The van der Waals surface area contributed by atoms with E-state index in [0.717, 1.165) is 11.1 Å². The van der Waals surface area contributed by atoms with Crippen molar-refractivity contribution in [3.8, 4) is 5.75 Å². The predicted octanol–water partition coefficient (Wildman–Crippen LogP) is 2.09. The maximum Gasteiger partial charge on any atom is 0.323 e. The fraction of sp³-hybridized carbons (Fsp3) is 0.462. The number of benzene rings is 1. The highest BCUT2D eigenvalue weighted by atomic mass is 35.5. The number of hydrogen-bond donors (Lipinski definition) is 1. The van der Waals surface area contributed by atoms with Gasteiger partial charge in [-0.2, -0.15) is 0 Å². The lowest BCUT2D eigenvalue weighted by Gasteiger charge is -2.14. The summed E-state index contributed by atoms with van der Waals surface area (Å²) in [6, 6.07) is 2.89. The van der Waals surface area contributed by atoms with Crippen LogP contribution >= 0.6 is 11.6 Å². The Kier molecular flexibility index (Phi) is 5.44. The van der Waals surface area contributed by atoms with E-state index in [1.165, 1.54) is 0 Å². The molecule has 2 N–H and O–H groups in total. The molecule has 100 valence electrons. The Hall–Kier alpha value is -1.26. The Balaban J connectivity index is 2.89. The summed E-state index contributed by atoms with van der Waals surface area (Å²) in [6.45, 7) is 3.95. The van der Waals surface area contributed by atoms with Crippen molar-refractivity contribution >= 4 is 17.6 Å². The normalized spacial score (nSPS) is 12.1. The molecular formula is C13H18ClNO3. The van der Waals surface area contributed by atoms with Crippen LogP contribution < -0.4 is 10.5 Å². The van der Waals surface area contributed by atoms with Gasteiger partial charge in [0.05, 0.1) is 13.7 Å². The first-order valence-electron chi connectivity index (χ1n) is 5.74. The first-order valence-corrected chi connectivity index (χ1v) is 6.12. The molecule has 0 amide bonds. The molecule has 1 rings (SSSR count). The Labute approximate surface area is 112 Å². The van der Waals surface area contributed by atoms with Crippen LogP contribution in [0.4, 0.5) is 0 Å². The molecule has 0 aromatic heterocycles. The highest BCUT2D eigenvalue weighted by molar-refractivity contribution is 6.31. The van der Waals surface area contributed by atoms with Gasteiger partial charge in [0.15, 0.2) is 0 Å². The van der Waals surface area contributed by atoms with E-state index >= 15 is 0 Å². The van der Waals surface area contributed by atoms with Gasteiger partial charge >= 0.3 is 5.97 Å². The monoisotopic (exact) mass is 271 g/mol. The summed E-state index contributed by atoms with van der Waals surface area (Å²) in [5.74, 6) is 0.257. The Morgan fingerprint density at radius 1 is 1.50 bits per heavy atom. The molecule has 0 aliphatic heterocycles. The molecule has 0 fully saturated rings. The third-order valence-electron chi connectivity index (χ3n) is 2.59. The molecule has 18 heavy (non-hydrogen) atoms.